The molecule has 1 aromatic carbocycles. The fourth-order valence-corrected chi connectivity index (χ4v) is 4.12. The van der Waals surface area contributed by atoms with Crippen molar-refractivity contribution in [3.05, 3.63) is 29.8 Å². The highest BCUT2D eigenvalue weighted by atomic mass is 16.5. The average Bonchev–Trinajstić information content (AvgIpc) is 3.05. The molecule has 3 amide bonds. The number of hydrogen-bond acceptors (Lipinski definition) is 4. The minimum absolute atomic E-state index is 0.000128. The first kappa shape index (κ1) is 28.1. The maximum Gasteiger partial charge on any atom is 0.237 e. The van der Waals surface area contributed by atoms with Crippen LogP contribution in [0.4, 0.5) is 5.69 Å². The van der Waals surface area contributed by atoms with Crippen LogP contribution in [0.2, 0.25) is 12.1 Å². The predicted octanol–water partition coefficient (Wildman–Crippen LogP) is 4.48. The second-order valence-electron chi connectivity index (χ2n) is 11.6. The van der Waals surface area contributed by atoms with Crippen molar-refractivity contribution < 1.29 is 19.1 Å². The van der Waals surface area contributed by atoms with Gasteiger partial charge in [-0.1, -0.05) is 60.5 Å². The molecule has 0 saturated carbocycles. The number of benzene rings is 1. The van der Waals surface area contributed by atoms with Gasteiger partial charge in [0.15, 0.2) is 0 Å². The number of carbonyl (C=O) groups excluding carboxylic acids is 3. The Morgan fingerprint density at radius 3 is 2.29 bits per heavy atom. The summed E-state index contributed by atoms with van der Waals surface area (Å²) in [4.78, 5) is 39.1. The third-order valence-electron chi connectivity index (χ3n) is 7.05. The molecule has 1 saturated heterocycles. The molecular formula is C27H43BN2O4. The lowest BCUT2D eigenvalue weighted by Gasteiger charge is -2.27. The Morgan fingerprint density at radius 2 is 1.76 bits per heavy atom. The number of rotatable bonds is 12. The van der Waals surface area contributed by atoms with E-state index in [1.165, 1.54) is 4.90 Å². The second kappa shape index (κ2) is 11.5. The summed E-state index contributed by atoms with van der Waals surface area (Å²) in [6, 6.07) is 7.49. The zero-order chi connectivity index (χ0) is 25.7. The molecule has 188 valence electrons. The number of amides is 3. The van der Waals surface area contributed by atoms with Gasteiger partial charge >= 0.3 is 0 Å². The Labute approximate surface area is 206 Å². The number of carbonyl (C=O) groups is 3. The van der Waals surface area contributed by atoms with Crippen molar-refractivity contribution in [2.75, 3.05) is 18.1 Å². The van der Waals surface area contributed by atoms with Gasteiger partial charge < -0.3 is 10.1 Å². The Kier molecular flexibility index (Phi) is 9.52. The van der Waals surface area contributed by atoms with Crippen LogP contribution in [0, 0.1) is 11.8 Å². The topological polar surface area (TPSA) is 75.7 Å². The Balaban J connectivity index is 1.90. The zero-order valence-corrected chi connectivity index (χ0v) is 22.4. The lowest BCUT2D eigenvalue weighted by molar-refractivity contribution is -0.124. The first-order valence-electron chi connectivity index (χ1n) is 12.6. The molecule has 1 fully saturated rings. The lowest BCUT2D eigenvalue weighted by Crippen LogP contribution is -2.37. The van der Waals surface area contributed by atoms with Crippen molar-refractivity contribution in [3.8, 4) is 0 Å². The molecule has 0 spiro atoms. The molecule has 1 heterocycles. The van der Waals surface area contributed by atoms with Crippen molar-refractivity contribution in [2.45, 2.75) is 91.3 Å². The van der Waals surface area contributed by atoms with Crippen LogP contribution >= 0.6 is 0 Å². The largest absolute Gasteiger partial charge is 0.382 e. The van der Waals surface area contributed by atoms with Gasteiger partial charge in [-0.05, 0) is 47.7 Å². The molecule has 6 nitrogen and oxygen atoms in total. The summed E-state index contributed by atoms with van der Waals surface area (Å²) in [5.41, 5.74) is 1.20. The van der Waals surface area contributed by atoms with Crippen molar-refractivity contribution in [3.63, 3.8) is 0 Å². The molecule has 2 unspecified atom stereocenters. The fourth-order valence-electron chi connectivity index (χ4n) is 4.12. The van der Waals surface area contributed by atoms with Crippen molar-refractivity contribution in [1.82, 2.24) is 5.32 Å². The highest BCUT2D eigenvalue weighted by Gasteiger charge is 2.41. The zero-order valence-electron chi connectivity index (χ0n) is 22.4. The van der Waals surface area contributed by atoms with Gasteiger partial charge in [-0.15, -0.1) is 0 Å². The van der Waals surface area contributed by atoms with Crippen molar-refractivity contribution in [1.29, 1.82) is 0 Å². The molecule has 0 bridgehead atoms. The van der Waals surface area contributed by atoms with E-state index < -0.39 is 0 Å². The summed E-state index contributed by atoms with van der Waals surface area (Å²) in [5, 5.41) is 3.26. The molecule has 1 aliphatic heterocycles. The third kappa shape index (κ3) is 7.43. The van der Waals surface area contributed by atoms with Gasteiger partial charge in [-0.2, -0.15) is 0 Å². The molecule has 2 atom stereocenters. The summed E-state index contributed by atoms with van der Waals surface area (Å²) in [7, 11) is 1.07. The monoisotopic (exact) mass is 470 g/mol. The number of nitrogens with one attached hydrogen (secondary N) is 1. The molecule has 1 aliphatic rings. The first-order valence-corrected chi connectivity index (χ1v) is 12.6. The molecular weight excluding hydrogens is 427 g/mol. The Bertz CT molecular complexity index is 864. The summed E-state index contributed by atoms with van der Waals surface area (Å²) in [6.07, 6.45) is 1.39. The van der Waals surface area contributed by atoms with Crippen LogP contribution in [0.5, 0.6) is 0 Å². The maximum atomic E-state index is 12.7. The molecule has 0 radical (unpaired) electrons. The van der Waals surface area contributed by atoms with Gasteiger partial charge in [-0.3, -0.25) is 19.3 Å². The highest BCUT2D eigenvalue weighted by molar-refractivity contribution is 6.37. The van der Waals surface area contributed by atoms with Crippen LogP contribution in [0.25, 0.3) is 0 Å². The minimum atomic E-state index is -0.385. The molecule has 0 aliphatic carbocycles. The van der Waals surface area contributed by atoms with E-state index >= 15 is 0 Å². The summed E-state index contributed by atoms with van der Waals surface area (Å²) >= 11 is 0. The van der Waals surface area contributed by atoms with Crippen LogP contribution in [-0.2, 0) is 24.5 Å². The van der Waals surface area contributed by atoms with E-state index in [4.69, 9.17) is 4.74 Å². The number of hydrogen-bond donors (Lipinski definition) is 1. The smallest absolute Gasteiger partial charge is 0.237 e. The SMILES string of the molecule is CBC(C)(C)COCCC(C)NC(=O)CC(C)(C)c1ccc(N2C(=O)CC(C(C)C)C2=O)cc1. The van der Waals surface area contributed by atoms with Crippen LogP contribution in [-0.4, -0.2) is 44.3 Å². The Hall–Kier alpha value is -2.15. The summed E-state index contributed by atoms with van der Waals surface area (Å²) < 4.78 is 5.80. The van der Waals surface area contributed by atoms with Crippen LogP contribution < -0.4 is 10.2 Å². The molecule has 1 aromatic rings. The predicted molar refractivity (Wildman–Crippen MR) is 140 cm³/mol. The molecule has 2 rings (SSSR count). The number of anilines is 1. The van der Waals surface area contributed by atoms with E-state index in [1.807, 2.05) is 58.9 Å². The minimum Gasteiger partial charge on any atom is -0.382 e. The van der Waals surface area contributed by atoms with E-state index in [1.54, 1.807) is 0 Å². The standard InChI is InChI=1S/C27H43BN2O4/c1-18(2)22-15-24(32)30(25(22)33)21-11-9-20(10-12-21)26(4,5)16-23(31)29-19(3)13-14-34-17-27(6,7)28-8/h9-12,18-19,22,28H,13-17H2,1-8H3,(H,29,31). The molecule has 34 heavy (non-hydrogen) atoms. The highest BCUT2D eigenvalue weighted by Crippen LogP contribution is 2.33. The van der Waals surface area contributed by atoms with E-state index in [0.717, 1.165) is 25.9 Å². The second-order valence-corrected chi connectivity index (χ2v) is 11.6. The van der Waals surface area contributed by atoms with Gasteiger partial charge in [0.25, 0.3) is 0 Å². The van der Waals surface area contributed by atoms with Crippen LogP contribution in [0.15, 0.2) is 24.3 Å². The number of imide groups is 1. The maximum absolute atomic E-state index is 12.7. The van der Waals surface area contributed by atoms with Gasteiger partial charge in [0, 0.05) is 32.1 Å². The van der Waals surface area contributed by atoms with E-state index in [0.29, 0.717) is 18.7 Å². The van der Waals surface area contributed by atoms with Gasteiger partial charge in [0.2, 0.25) is 17.7 Å². The number of ether oxygens (including phenoxy) is 1. The van der Waals surface area contributed by atoms with Crippen LogP contribution in [0.3, 0.4) is 0 Å². The molecule has 7 heteroatoms. The van der Waals surface area contributed by atoms with Crippen LogP contribution in [0.1, 0.15) is 73.3 Å². The van der Waals surface area contributed by atoms with E-state index in [2.05, 4.69) is 26.0 Å². The fraction of sp³-hybridized carbons (Fsp3) is 0.667. The van der Waals surface area contributed by atoms with Crippen molar-refractivity contribution in [2.24, 2.45) is 11.8 Å². The van der Waals surface area contributed by atoms with E-state index in [9.17, 15) is 14.4 Å². The normalized spacial score (nSPS) is 17.9. The summed E-state index contributed by atoms with van der Waals surface area (Å²) in [6.45, 7) is 17.9. The lowest BCUT2D eigenvalue weighted by atomic mass is 9.56. The third-order valence-corrected chi connectivity index (χ3v) is 7.05. The first-order chi connectivity index (χ1) is 15.8. The van der Waals surface area contributed by atoms with E-state index in [-0.39, 0.29) is 52.7 Å². The van der Waals surface area contributed by atoms with Gasteiger partial charge in [-0.25, -0.2) is 0 Å². The van der Waals surface area contributed by atoms with Gasteiger partial charge in [0.05, 0.1) is 11.6 Å². The summed E-state index contributed by atoms with van der Waals surface area (Å²) in [5.74, 6) is -0.387. The number of nitrogens with zero attached hydrogens (tertiary/aromatic N) is 1. The van der Waals surface area contributed by atoms with Gasteiger partial charge in [0.1, 0.15) is 7.28 Å². The average molecular weight is 470 g/mol. The quantitative estimate of drug-likeness (QED) is 0.278. The molecule has 1 N–H and O–H groups in total. The molecule has 0 aromatic heterocycles. The van der Waals surface area contributed by atoms with Crippen molar-refractivity contribution >= 4 is 30.7 Å². The Morgan fingerprint density at radius 1 is 1.15 bits per heavy atom.